The molecule has 3 N–H and O–H groups in total. The van der Waals surface area contributed by atoms with Crippen LogP contribution in [0.15, 0.2) is 36.8 Å². The van der Waals surface area contributed by atoms with Crippen LogP contribution in [0.2, 0.25) is 0 Å². The van der Waals surface area contributed by atoms with Gasteiger partial charge < -0.3 is 16.0 Å². The maximum Gasteiger partial charge on any atom is 0.229 e. The van der Waals surface area contributed by atoms with Crippen molar-refractivity contribution in [1.82, 2.24) is 19.9 Å². The largest absolute Gasteiger partial charge is 0.383 e. The van der Waals surface area contributed by atoms with Gasteiger partial charge in [-0.15, -0.1) is 0 Å². The summed E-state index contributed by atoms with van der Waals surface area (Å²) in [5.41, 5.74) is 8.78. The molecule has 8 nitrogen and oxygen atoms in total. The normalized spacial score (nSPS) is 17.8. The number of anilines is 2. The summed E-state index contributed by atoms with van der Waals surface area (Å²) in [6.45, 7) is 1.98. The minimum Gasteiger partial charge on any atom is -0.383 e. The first-order valence-corrected chi connectivity index (χ1v) is 9.34. The predicted octanol–water partition coefficient (Wildman–Crippen LogP) is 2.25. The van der Waals surface area contributed by atoms with Crippen molar-refractivity contribution in [2.45, 2.75) is 13.3 Å². The molecule has 0 bridgehead atoms. The number of nitrogens with one attached hydrogen (secondary N) is 1. The fourth-order valence-electron chi connectivity index (χ4n) is 3.42. The van der Waals surface area contributed by atoms with Crippen LogP contribution in [0.3, 0.4) is 0 Å². The summed E-state index contributed by atoms with van der Waals surface area (Å²) >= 11 is 0. The molecule has 29 heavy (non-hydrogen) atoms. The van der Waals surface area contributed by atoms with E-state index in [0.717, 1.165) is 16.5 Å². The third-order valence-electron chi connectivity index (χ3n) is 5.20. The Morgan fingerprint density at radius 3 is 2.72 bits per heavy atom. The molecule has 0 aromatic carbocycles. The number of carbonyl (C=O) groups is 2. The van der Waals surface area contributed by atoms with Crippen LogP contribution in [-0.2, 0) is 9.59 Å². The van der Waals surface area contributed by atoms with E-state index in [4.69, 9.17) is 5.73 Å². The summed E-state index contributed by atoms with van der Waals surface area (Å²) in [6.07, 6.45) is 5.65. The minimum absolute atomic E-state index is 0.0213. The number of hydrogen-bond donors (Lipinski definition) is 2. The lowest BCUT2D eigenvalue weighted by atomic mass is 10.1. The summed E-state index contributed by atoms with van der Waals surface area (Å²) in [4.78, 5) is 38.9. The van der Waals surface area contributed by atoms with E-state index in [2.05, 4.69) is 20.3 Å². The van der Waals surface area contributed by atoms with Crippen molar-refractivity contribution in [1.29, 1.82) is 0 Å². The number of nitrogens with zero attached hydrogens (tertiary/aromatic N) is 4. The Morgan fingerprint density at radius 2 is 2.00 bits per heavy atom. The summed E-state index contributed by atoms with van der Waals surface area (Å²) in [7, 11) is 3.39. The number of carbonyl (C=O) groups excluding carboxylic acids is 2. The van der Waals surface area contributed by atoms with Crippen LogP contribution in [0.1, 0.15) is 12.0 Å². The smallest absolute Gasteiger partial charge is 0.229 e. The maximum absolute atomic E-state index is 12.5. The predicted molar refractivity (Wildman–Crippen MR) is 111 cm³/mol. The van der Waals surface area contributed by atoms with Crippen molar-refractivity contribution in [3.05, 3.63) is 42.4 Å². The van der Waals surface area contributed by atoms with Crippen LogP contribution in [-0.4, -0.2) is 45.8 Å². The highest BCUT2D eigenvalue weighted by Gasteiger charge is 2.48. The summed E-state index contributed by atoms with van der Waals surface area (Å²) in [6, 6.07) is 5.59. The topological polar surface area (TPSA) is 114 Å². The van der Waals surface area contributed by atoms with E-state index >= 15 is 0 Å². The van der Waals surface area contributed by atoms with E-state index in [1.54, 1.807) is 38.8 Å². The highest BCUT2D eigenvalue weighted by Crippen LogP contribution is 2.40. The van der Waals surface area contributed by atoms with Gasteiger partial charge in [-0.05, 0) is 42.5 Å². The number of fused-ring (bicyclic) bond motifs is 1. The Labute approximate surface area is 168 Å². The minimum atomic E-state index is -0.307. The third-order valence-corrected chi connectivity index (χ3v) is 5.20. The Morgan fingerprint density at radius 1 is 1.21 bits per heavy atom. The first-order chi connectivity index (χ1) is 13.8. The summed E-state index contributed by atoms with van der Waals surface area (Å²) in [5, 5.41) is 4.34. The van der Waals surface area contributed by atoms with Gasteiger partial charge in [-0.1, -0.05) is 0 Å². The van der Waals surface area contributed by atoms with E-state index in [0.29, 0.717) is 29.1 Å². The van der Waals surface area contributed by atoms with Crippen LogP contribution in [0.5, 0.6) is 0 Å². The van der Waals surface area contributed by atoms with Gasteiger partial charge in [0.1, 0.15) is 11.6 Å². The number of rotatable bonds is 4. The van der Waals surface area contributed by atoms with Crippen molar-refractivity contribution in [3.8, 4) is 11.3 Å². The zero-order valence-electron chi connectivity index (χ0n) is 16.5. The molecular formula is C21H22N6O2. The Bertz CT molecular complexity index is 1130. The van der Waals surface area contributed by atoms with Crippen LogP contribution in [0.4, 0.5) is 11.6 Å². The SMILES string of the molecule is Cc1ccncc1-c1cc2cc(NC(=O)[C@@H]3C[C@@H]3C(=O)N(C)C)ncc2c(N)n1. The van der Waals surface area contributed by atoms with Crippen LogP contribution >= 0.6 is 0 Å². The molecule has 2 amide bonds. The summed E-state index contributed by atoms with van der Waals surface area (Å²) < 4.78 is 0. The highest BCUT2D eigenvalue weighted by molar-refractivity contribution is 6.01. The highest BCUT2D eigenvalue weighted by atomic mass is 16.2. The molecule has 1 aliphatic carbocycles. The Hall–Kier alpha value is -3.55. The second-order valence-electron chi connectivity index (χ2n) is 7.54. The third kappa shape index (κ3) is 3.61. The molecule has 3 heterocycles. The first-order valence-electron chi connectivity index (χ1n) is 9.34. The number of amides is 2. The number of aryl methyl sites for hydroxylation is 1. The van der Waals surface area contributed by atoms with E-state index in [1.165, 1.54) is 4.90 Å². The molecule has 3 aromatic rings. The van der Waals surface area contributed by atoms with Crippen molar-refractivity contribution in [2.24, 2.45) is 11.8 Å². The lowest BCUT2D eigenvalue weighted by Crippen LogP contribution is -2.26. The second kappa shape index (κ2) is 7.12. The van der Waals surface area contributed by atoms with Gasteiger partial charge in [0.25, 0.3) is 0 Å². The van der Waals surface area contributed by atoms with Crippen molar-refractivity contribution in [2.75, 3.05) is 25.1 Å². The maximum atomic E-state index is 12.5. The van der Waals surface area contributed by atoms with Crippen molar-refractivity contribution >= 4 is 34.2 Å². The van der Waals surface area contributed by atoms with E-state index < -0.39 is 0 Å². The number of pyridine rings is 3. The van der Waals surface area contributed by atoms with E-state index in [-0.39, 0.29) is 23.7 Å². The van der Waals surface area contributed by atoms with Gasteiger partial charge in [-0.25, -0.2) is 9.97 Å². The molecule has 3 aromatic heterocycles. The number of hydrogen-bond acceptors (Lipinski definition) is 6. The quantitative estimate of drug-likeness (QED) is 0.706. The average Bonchev–Trinajstić information content (AvgIpc) is 3.48. The average molecular weight is 390 g/mol. The van der Waals surface area contributed by atoms with E-state index in [1.807, 2.05) is 19.1 Å². The van der Waals surface area contributed by atoms with Gasteiger partial charge in [-0.2, -0.15) is 0 Å². The lowest BCUT2D eigenvalue weighted by molar-refractivity contribution is -0.131. The zero-order valence-corrected chi connectivity index (χ0v) is 16.5. The molecule has 4 rings (SSSR count). The van der Waals surface area contributed by atoms with Crippen LogP contribution in [0, 0.1) is 18.8 Å². The number of aromatic nitrogens is 3. The Kier molecular flexibility index (Phi) is 4.62. The monoisotopic (exact) mass is 390 g/mol. The molecule has 0 radical (unpaired) electrons. The van der Waals surface area contributed by atoms with Gasteiger partial charge in [0.15, 0.2) is 0 Å². The number of nitrogen functional groups attached to an aromatic ring is 1. The van der Waals surface area contributed by atoms with Crippen LogP contribution < -0.4 is 11.1 Å². The molecule has 0 saturated heterocycles. The molecule has 0 spiro atoms. The molecule has 148 valence electrons. The van der Waals surface area contributed by atoms with Gasteiger partial charge in [0.05, 0.1) is 17.5 Å². The fraction of sp³-hybridized carbons (Fsp3) is 0.286. The fourth-order valence-corrected chi connectivity index (χ4v) is 3.42. The van der Waals surface area contributed by atoms with Gasteiger partial charge in [-0.3, -0.25) is 14.6 Å². The first kappa shape index (κ1) is 18.8. The van der Waals surface area contributed by atoms with Gasteiger partial charge >= 0.3 is 0 Å². The molecule has 2 atom stereocenters. The van der Waals surface area contributed by atoms with Gasteiger partial charge in [0, 0.05) is 43.6 Å². The van der Waals surface area contributed by atoms with Gasteiger partial charge in [0.2, 0.25) is 11.8 Å². The molecular weight excluding hydrogens is 368 g/mol. The van der Waals surface area contributed by atoms with Crippen molar-refractivity contribution < 1.29 is 9.59 Å². The van der Waals surface area contributed by atoms with Crippen molar-refractivity contribution in [3.63, 3.8) is 0 Å². The molecule has 0 unspecified atom stereocenters. The lowest BCUT2D eigenvalue weighted by Gasteiger charge is -2.11. The molecule has 1 aliphatic rings. The molecule has 1 saturated carbocycles. The second-order valence-corrected chi connectivity index (χ2v) is 7.54. The zero-order chi connectivity index (χ0) is 20.7. The number of nitrogens with two attached hydrogens (primary N) is 1. The summed E-state index contributed by atoms with van der Waals surface area (Å²) in [5.74, 6) is 0.0215. The molecule has 0 aliphatic heterocycles. The Balaban J connectivity index is 1.60. The van der Waals surface area contributed by atoms with E-state index in [9.17, 15) is 9.59 Å². The van der Waals surface area contributed by atoms with Crippen LogP contribution in [0.25, 0.3) is 22.0 Å². The standard InChI is InChI=1S/C21H22N6O2/c1-11-4-5-23-9-15(11)17-6-12-7-18(24-10-16(12)19(22)25-17)26-20(28)13-8-14(13)21(29)27(2)3/h4-7,9-10,13-14H,8H2,1-3H3,(H2,22,25)(H,24,26,28)/t13-,14+/m1/s1. The molecule has 8 heteroatoms. The molecule has 1 fully saturated rings.